The lowest BCUT2D eigenvalue weighted by Crippen LogP contribution is -2.26. The van der Waals surface area contributed by atoms with Gasteiger partial charge in [-0.1, -0.05) is 18.2 Å². The minimum atomic E-state index is 0.0220. The Bertz CT molecular complexity index is 534. The second kappa shape index (κ2) is 6.05. The summed E-state index contributed by atoms with van der Waals surface area (Å²) >= 11 is 0. The molecule has 3 nitrogen and oxygen atoms in total. The molecule has 0 spiro atoms. The molecule has 0 fully saturated rings. The molecule has 19 heavy (non-hydrogen) atoms. The van der Waals surface area contributed by atoms with Crippen molar-refractivity contribution in [1.29, 1.82) is 0 Å². The van der Waals surface area contributed by atoms with Gasteiger partial charge in [-0.2, -0.15) is 0 Å². The van der Waals surface area contributed by atoms with Gasteiger partial charge in [0.05, 0.1) is 0 Å². The van der Waals surface area contributed by atoms with Crippen molar-refractivity contribution in [2.45, 2.75) is 6.92 Å². The summed E-state index contributed by atoms with van der Waals surface area (Å²) in [5.74, 6) is 1.53. The lowest BCUT2D eigenvalue weighted by Gasteiger charge is -2.14. The molecule has 2 aromatic carbocycles. The van der Waals surface area contributed by atoms with Gasteiger partial charge in [-0.25, -0.2) is 0 Å². The van der Waals surface area contributed by atoms with E-state index in [1.165, 1.54) is 0 Å². The van der Waals surface area contributed by atoms with E-state index in [9.17, 15) is 4.79 Å². The Kier molecular flexibility index (Phi) is 4.18. The van der Waals surface area contributed by atoms with Crippen molar-refractivity contribution in [2.24, 2.45) is 0 Å². The van der Waals surface area contributed by atoms with Crippen molar-refractivity contribution < 1.29 is 9.53 Å². The Hall–Kier alpha value is -2.29. The number of ether oxygens (including phenoxy) is 1. The highest BCUT2D eigenvalue weighted by molar-refractivity contribution is 5.94. The fourth-order valence-electron chi connectivity index (χ4n) is 1.65. The first-order chi connectivity index (χ1) is 9.20. The minimum Gasteiger partial charge on any atom is -0.457 e. The summed E-state index contributed by atoms with van der Waals surface area (Å²) in [6.45, 7) is 2.64. The van der Waals surface area contributed by atoms with Crippen LogP contribution < -0.4 is 4.74 Å². The Morgan fingerprint density at radius 2 is 1.58 bits per heavy atom. The molecule has 0 aliphatic heterocycles. The second-order valence-electron chi connectivity index (χ2n) is 4.26. The molecule has 0 heterocycles. The molecule has 3 heteroatoms. The molecule has 0 unspecified atom stereocenters. The molecule has 0 N–H and O–H groups in total. The van der Waals surface area contributed by atoms with Gasteiger partial charge >= 0.3 is 0 Å². The zero-order valence-electron chi connectivity index (χ0n) is 11.2. The first-order valence-corrected chi connectivity index (χ1v) is 6.29. The van der Waals surface area contributed by atoms with E-state index in [1.54, 1.807) is 24.1 Å². The second-order valence-corrected chi connectivity index (χ2v) is 4.26. The molecule has 2 aromatic rings. The Labute approximate surface area is 113 Å². The Morgan fingerprint density at radius 3 is 2.16 bits per heavy atom. The topological polar surface area (TPSA) is 29.5 Å². The fourth-order valence-corrected chi connectivity index (χ4v) is 1.65. The predicted octanol–water partition coefficient (Wildman–Crippen LogP) is 3.57. The minimum absolute atomic E-state index is 0.0220. The molecule has 0 saturated heterocycles. The van der Waals surface area contributed by atoms with Crippen LogP contribution in [0.5, 0.6) is 11.5 Å². The van der Waals surface area contributed by atoms with Crippen LogP contribution in [0.25, 0.3) is 0 Å². The number of hydrogen-bond acceptors (Lipinski definition) is 2. The summed E-state index contributed by atoms with van der Waals surface area (Å²) in [7, 11) is 1.79. The van der Waals surface area contributed by atoms with Gasteiger partial charge < -0.3 is 9.64 Å². The standard InChI is InChI=1S/C16H17NO2/c1-3-17(2)16(18)13-9-11-15(12-10-13)19-14-7-5-4-6-8-14/h4-12H,3H2,1-2H3. The molecule has 1 amide bonds. The van der Waals surface area contributed by atoms with Crippen LogP contribution in [0.15, 0.2) is 54.6 Å². The molecular weight excluding hydrogens is 238 g/mol. The lowest BCUT2D eigenvalue weighted by molar-refractivity contribution is 0.0802. The average Bonchev–Trinajstić information content (AvgIpc) is 2.47. The van der Waals surface area contributed by atoms with Gasteiger partial charge in [-0.05, 0) is 43.3 Å². The summed E-state index contributed by atoms with van der Waals surface area (Å²) in [6.07, 6.45) is 0. The Balaban J connectivity index is 2.09. The van der Waals surface area contributed by atoms with Crippen LogP contribution in [0.3, 0.4) is 0 Å². The summed E-state index contributed by atoms with van der Waals surface area (Å²) in [6, 6.07) is 16.8. The molecule has 98 valence electrons. The van der Waals surface area contributed by atoms with Crippen molar-refractivity contribution in [2.75, 3.05) is 13.6 Å². The number of para-hydroxylation sites is 1. The zero-order chi connectivity index (χ0) is 13.7. The highest BCUT2D eigenvalue weighted by Crippen LogP contribution is 2.21. The molecule has 0 bridgehead atoms. The monoisotopic (exact) mass is 255 g/mol. The quantitative estimate of drug-likeness (QED) is 0.835. The summed E-state index contributed by atoms with van der Waals surface area (Å²) in [4.78, 5) is 13.6. The van der Waals surface area contributed by atoms with E-state index in [4.69, 9.17) is 4.74 Å². The van der Waals surface area contributed by atoms with E-state index < -0.39 is 0 Å². The van der Waals surface area contributed by atoms with Crippen LogP contribution in [0.4, 0.5) is 0 Å². The summed E-state index contributed by atoms with van der Waals surface area (Å²) in [5.41, 5.74) is 0.671. The van der Waals surface area contributed by atoms with Gasteiger partial charge in [0.2, 0.25) is 0 Å². The largest absolute Gasteiger partial charge is 0.457 e. The van der Waals surface area contributed by atoms with Crippen molar-refractivity contribution in [1.82, 2.24) is 4.90 Å². The highest BCUT2D eigenvalue weighted by Gasteiger charge is 2.09. The number of hydrogen-bond donors (Lipinski definition) is 0. The van der Waals surface area contributed by atoms with Crippen molar-refractivity contribution >= 4 is 5.91 Å². The number of carbonyl (C=O) groups is 1. The van der Waals surface area contributed by atoms with Crippen LogP contribution in [0.2, 0.25) is 0 Å². The fraction of sp³-hybridized carbons (Fsp3) is 0.188. The van der Waals surface area contributed by atoms with Gasteiger partial charge in [0.25, 0.3) is 5.91 Å². The third kappa shape index (κ3) is 3.35. The average molecular weight is 255 g/mol. The van der Waals surface area contributed by atoms with Gasteiger partial charge in [-0.3, -0.25) is 4.79 Å². The van der Waals surface area contributed by atoms with Crippen LogP contribution in [0, 0.1) is 0 Å². The first-order valence-electron chi connectivity index (χ1n) is 6.29. The molecule has 0 aromatic heterocycles. The number of nitrogens with zero attached hydrogens (tertiary/aromatic N) is 1. The first kappa shape index (κ1) is 13.1. The van der Waals surface area contributed by atoms with Crippen LogP contribution in [-0.4, -0.2) is 24.4 Å². The Morgan fingerprint density at radius 1 is 1.00 bits per heavy atom. The normalized spacial score (nSPS) is 10.0. The van der Waals surface area contributed by atoms with Crippen LogP contribution >= 0.6 is 0 Å². The number of benzene rings is 2. The number of amides is 1. The maximum Gasteiger partial charge on any atom is 0.253 e. The van der Waals surface area contributed by atoms with E-state index >= 15 is 0 Å². The summed E-state index contributed by atoms with van der Waals surface area (Å²) in [5, 5.41) is 0. The van der Waals surface area contributed by atoms with Crippen molar-refractivity contribution in [3.8, 4) is 11.5 Å². The van der Waals surface area contributed by atoms with Gasteiger partial charge in [0.15, 0.2) is 0 Å². The molecule has 0 saturated carbocycles. The third-order valence-electron chi connectivity index (χ3n) is 2.90. The van der Waals surface area contributed by atoms with E-state index in [2.05, 4.69) is 0 Å². The lowest BCUT2D eigenvalue weighted by atomic mass is 10.2. The van der Waals surface area contributed by atoms with Gasteiger partial charge in [-0.15, -0.1) is 0 Å². The number of rotatable bonds is 4. The molecule has 2 rings (SSSR count). The van der Waals surface area contributed by atoms with Crippen molar-refractivity contribution in [3.63, 3.8) is 0 Å². The summed E-state index contributed by atoms with van der Waals surface area (Å²) < 4.78 is 5.67. The third-order valence-corrected chi connectivity index (χ3v) is 2.90. The molecular formula is C16H17NO2. The number of carbonyl (C=O) groups excluding carboxylic acids is 1. The molecule has 0 aliphatic rings. The van der Waals surface area contributed by atoms with Crippen LogP contribution in [0.1, 0.15) is 17.3 Å². The van der Waals surface area contributed by atoms with E-state index in [0.29, 0.717) is 12.1 Å². The van der Waals surface area contributed by atoms with Crippen molar-refractivity contribution in [3.05, 3.63) is 60.2 Å². The SMILES string of the molecule is CCN(C)C(=O)c1ccc(Oc2ccccc2)cc1. The molecule has 0 radical (unpaired) electrons. The molecule has 0 atom stereocenters. The van der Waals surface area contributed by atoms with Crippen LogP contribution in [-0.2, 0) is 0 Å². The van der Waals surface area contributed by atoms with Gasteiger partial charge in [0, 0.05) is 19.2 Å². The zero-order valence-corrected chi connectivity index (χ0v) is 11.2. The smallest absolute Gasteiger partial charge is 0.253 e. The molecule has 0 aliphatic carbocycles. The van der Waals surface area contributed by atoms with E-state index in [1.807, 2.05) is 49.4 Å². The van der Waals surface area contributed by atoms with E-state index in [-0.39, 0.29) is 5.91 Å². The van der Waals surface area contributed by atoms with Gasteiger partial charge in [0.1, 0.15) is 11.5 Å². The predicted molar refractivity (Wildman–Crippen MR) is 75.6 cm³/mol. The maximum absolute atomic E-state index is 11.9. The maximum atomic E-state index is 11.9. The highest BCUT2D eigenvalue weighted by atomic mass is 16.5. The van der Waals surface area contributed by atoms with E-state index in [0.717, 1.165) is 11.5 Å².